The van der Waals surface area contributed by atoms with Crippen molar-refractivity contribution in [1.29, 1.82) is 0 Å². The van der Waals surface area contributed by atoms with Gasteiger partial charge < -0.3 is 9.47 Å². The van der Waals surface area contributed by atoms with E-state index >= 15 is 0 Å². The van der Waals surface area contributed by atoms with Crippen LogP contribution in [0.3, 0.4) is 0 Å². The summed E-state index contributed by atoms with van der Waals surface area (Å²) in [6.07, 6.45) is 2.91. The Morgan fingerprint density at radius 1 is 0.811 bits per heavy atom. The zero-order chi connectivity index (χ0) is 25.2. The maximum atomic E-state index is 5.62. The Kier molecular flexibility index (Phi) is 6.20. The molecule has 1 aliphatic rings. The maximum Gasteiger partial charge on any atom is 0.161 e. The minimum atomic E-state index is -0.0277. The van der Waals surface area contributed by atoms with Gasteiger partial charge >= 0.3 is 0 Å². The van der Waals surface area contributed by atoms with Crippen molar-refractivity contribution in [3.05, 3.63) is 113 Å². The van der Waals surface area contributed by atoms with Crippen LogP contribution in [-0.2, 0) is 0 Å². The van der Waals surface area contributed by atoms with Gasteiger partial charge in [-0.2, -0.15) is 10.2 Å². The van der Waals surface area contributed by atoms with Crippen LogP contribution in [0.1, 0.15) is 22.9 Å². The third kappa shape index (κ3) is 4.38. The van der Waals surface area contributed by atoms with Gasteiger partial charge in [0.15, 0.2) is 11.5 Å². The van der Waals surface area contributed by atoms with E-state index in [0.717, 1.165) is 40.3 Å². The maximum absolute atomic E-state index is 5.62. The van der Waals surface area contributed by atoms with Crippen LogP contribution < -0.4 is 14.5 Å². The largest absolute Gasteiger partial charge is 0.493 e. The van der Waals surface area contributed by atoms with Crippen LogP contribution in [0.15, 0.2) is 108 Å². The second-order valence-corrected chi connectivity index (χ2v) is 9.65. The minimum Gasteiger partial charge on any atom is -0.493 e. The van der Waals surface area contributed by atoms with E-state index in [-0.39, 0.29) is 6.04 Å². The van der Waals surface area contributed by atoms with Crippen LogP contribution in [0.4, 0.5) is 5.69 Å². The molecule has 3 aromatic carbocycles. The molecule has 0 saturated heterocycles. The standard InChI is InChI=1S/C30H26N4O2S/c1-35-27-16-15-21(18-28(27)36-2)30-24(20-33(32-30)22-10-5-3-6-11-22)26-19-25(29-14-9-17-37-29)31-34(26)23-12-7-4-8-13-23/h3-18,20,26H,19H2,1-2H3/t26-/m1/s1. The van der Waals surface area contributed by atoms with E-state index in [9.17, 15) is 0 Å². The molecule has 0 saturated carbocycles. The fourth-order valence-corrected chi connectivity index (χ4v) is 5.44. The van der Waals surface area contributed by atoms with Gasteiger partial charge in [-0.3, -0.25) is 5.01 Å². The lowest BCUT2D eigenvalue weighted by atomic mass is 9.97. The molecule has 0 fully saturated rings. The highest BCUT2D eigenvalue weighted by molar-refractivity contribution is 7.12. The van der Waals surface area contributed by atoms with E-state index in [1.165, 1.54) is 4.88 Å². The third-order valence-electron chi connectivity index (χ3n) is 6.52. The minimum absolute atomic E-state index is 0.0277. The Bertz CT molecular complexity index is 1530. The molecular weight excluding hydrogens is 480 g/mol. The number of rotatable bonds is 7. The zero-order valence-corrected chi connectivity index (χ0v) is 21.4. The fraction of sp³-hybridized carbons (Fsp3) is 0.133. The van der Waals surface area contributed by atoms with Crippen molar-refractivity contribution in [3.63, 3.8) is 0 Å². The molecule has 5 aromatic rings. The predicted octanol–water partition coefficient (Wildman–Crippen LogP) is 6.97. The van der Waals surface area contributed by atoms with Gasteiger partial charge in [-0.05, 0) is 53.9 Å². The molecule has 0 spiro atoms. The second kappa shape index (κ2) is 9.95. The summed E-state index contributed by atoms with van der Waals surface area (Å²) >= 11 is 1.72. The molecule has 184 valence electrons. The normalized spacial score (nSPS) is 15.0. The van der Waals surface area contributed by atoms with Gasteiger partial charge in [0.2, 0.25) is 0 Å². The number of ether oxygens (including phenoxy) is 2. The molecule has 3 heterocycles. The van der Waals surface area contributed by atoms with Crippen LogP contribution in [0.25, 0.3) is 16.9 Å². The number of hydrogen-bond donors (Lipinski definition) is 0. The highest BCUT2D eigenvalue weighted by Crippen LogP contribution is 2.42. The van der Waals surface area contributed by atoms with E-state index in [0.29, 0.717) is 11.5 Å². The van der Waals surface area contributed by atoms with E-state index in [1.54, 1.807) is 25.6 Å². The number of hydrogen-bond acceptors (Lipinski definition) is 6. The highest BCUT2D eigenvalue weighted by Gasteiger charge is 2.34. The molecule has 7 heteroatoms. The number of methoxy groups -OCH3 is 2. The predicted molar refractivity (Wildman–Crippen MR) is 149 cm³/mol. The Morgan fingerprint density at radius 2 is 1.54 bits per heavy atom. The fourth-order valence-electron chi connectivity index (χ4n) is 4.71. The first-order valence-electron chi connectivity index (χ1n) is 12.1. The summed E-state index contributed by atoms with van der Waals surface area (Å²) in [5.41, 5.74) is 6.06. The summed E-state index contributed by atoms with van der Waals surface area (Å²) in [5.74, 6) is 1.35. The molecule has 6 nitrogen and oxygen atoms in total. The molecule has 2 aromatic heterocycles. The van der Waals surface area contributed by atoms with E-state index in [4.69, 9.17) is 19.7 Å². The van der Waals surface area contributed by atoms with Gasteiger partial charge in [-0.25, -0.2) is 4.68 Å². The zero-order valence-electron chi connectivity index (χ0n) is 20.6. The molecule has 0 aliphatic carbocycles. The van der Waals surface area contributed by atoms with Crippen molar-refractivity contribution in [2.24, 2.45) is 5.10 Å². The first-order valence-corrected chi connectivity index (χ1v) is 13.0. The van der Waals surface area contributed by atoms with Gasteiger partial charge in [-0.1, -0.05) is 42.5 Å². The van der Waals surface area contributed by atoms with Crippen molar-refractivity contribution in [2.75, 3.05) is 19.2 Å². The van der Waals surface area contributed by atoms with Gasteiger partial charge in [0.05, 0.1) is 47.9 Å². The van der Waals surface area contributed by atoms with Crippen molar-refractivity contribution >= 4 is 22.7 Å². The smallest absolute Gasteiger partial charge is 0.161 e. The van der Waals surface area contributed by atoms with Gasteiger partial charge in [-0.15, -0.1) is 11.3 Å². The van der Waals surface area contributed by atoms with Crippen molar-refractivity contribution in [1.82, 2.24) is 9.78 Å². The Hall–Kier alpha value is -4.36. The summed E-state index contributed by atoms with van der Waals surface area (Å²) in [7, 11) is 3.30. The molecule has 6 rings (SSSR count). The summed E-state index contributed by atoms with van der Waals surface area (Å²) in [6, 6.07) is 30.7. The average Bonchev–Trinajstić information content (AvgIpc) is 3.73. The number of benzene rings is 3. The number of hydrazone groups is 1. The molecule has 37 heavy (non-hydrogen) atoms. The topological polar surface area (TPSA) is 51.9 Å². The summed E-state index contributed by atoms with van der Waals surface area (Å²) in [6.45, 7) is 0. The van der Waals surface area contributed by atoms with Crippen molar-refractivity contribution < 1.29 is 9.47 Å². The summed E-state index contributed by atoms with van der Waals surface area (Å²) in [5, 5.41) is 14.4. The number of anilines is 1. The number of nitrogens with zero attached hydrogens (tertiary/aromatic N) is 4. The second-order valence-electron chi connectivity index (χ2n) is 8.71. The van der Waals surface area contributed by atoms with Crippen molar-refractivity contribution in [2.45, 2.75) is 12.5 Å². The number of aromatic nitrogens is 2. The molecule has 1 aliphatic heterocycles. The van der Waals surface area contributed by atoms with Gasteiger partial charge in [0.1, 0.15) is 0 Å². The molecule has 0 unspecified atom stereocenters. The number of thiophene rings is 1. The molecule has 0 N–H and O–H groups in total. The van der Waals surface area contributed by atoms with Crippen LogP contribution in [0.5, 0.6) is 11.5 Å². The molecule has 0 bridgehead atoms. The summed E-state index contributed by atoms with van der Waals surface area (Å²) < 4.78 is 13.1. The van der Waals surface area contributed by atoms with Crippen LogP contribution in [0.2, 0.25) is 0 Å². The van der Waals surface area contributed by atoms with Crippen LogP contribution in [-0.4, -0.2) is 29.7 Å². The van der Waals surface area contributed by atoms with E-state index in [2.05, 4.69) is 53.0 Å². The first kappa shape index (κ1) is 23.1. The van der Waals surface area contributed by atoms with E-state index < -0.39 is 0 Å². The SMILES string of the molecule is COc1ccc(-c2nn(-c3ccccc3)cc2[C@H]2CC(c3cccs3)=NN2c2ccccc2)cc1OC. The summed E-state index contributed by atoms with van der Waals surface area (Å²) in [4.78, 5) is 1.19. The monoisotopic (exact) mass is 506 g/mol. The lowest BCUT2D eigenvalue weighted by Crippen LogP contribution is -2.18. The lowest BCUT2D eigenvalue weighted by molar-refractivity contribution is 0.355. The molecule has 0 amide bonds. The quantitative estimate of drug-likeness (QED) is 0.239. The van der Waals surface area contributed by atoms with Crippen LogP contribution in [0, 0.1) is 0 Å². The molecular formula is C30H26N4O2S. The number of para-hydroxylation sites is 2. The highest BCUT2D eigenvalue weighted by atomic mass is 32.1. The van der Waals surface area contributed by atoms with Gasteiger partial charge in [0.25, 0.3) is 0 Å². The Labute approximate surface area is 220 Å². The first-order chi connectivity index (χ1) is 18.2. The molecule has 0 radical (unpaired) electrons. The Morgan fingerprint density at radius 3 is 2.22 bits per heavy atom. The van der Waals surface area contributed by atoms with E-state index in [1.807, 2.05) is 59.3 Å². The van der Waals surface area contributed by atoms with Gasteiger partial charge in [0, 0.05) is 23.7 Å². The Balaban J connectivity index is 1.51. The lowest BCUT2D eigenvalue weighted by Gasteiger charge is -2.23. The average molecular weight is 507 g/mol. The molecule has 1 atom stereocenters. The third-order valence-corrected chi connectivity index (χ3v) is 7.43. The van der Waals surface area contributed by atoms with Crippen molar-refractivity contribution in [3.8, 4) is 28.4 Å². The van der Waals surface area contributed by atoms with Crippen LogP contribution >= 0.6 is 11.3 Å².